The summed E-state index contributed by atoms with van der Waals surface area (Å²) in [5.74, 6) is -0.958. The molecule has 0 fully saturated rings. The molecule has 22 heavy (non-hydrogen) atoms. The number of rotatable bonds is 7. The van der Waals surface area contributed by atoms with Crippen molar-refractivity contribution in [1.82, 2.24) is 9.88 Å². The molecule has 2 rings (SSSR count). The van der Waals surface area contributed by atoms with Crippen LogP contribution in [0.1, 0.15) is 12.5 Å². The maximum atomic E-state index is 10.7. The molecule has 118 valence electrons. The van der Waals surface area contributed by atoms with E-state index >= 15 is 0 Å². The number of aliphatic hydroxyl groups excluding tert-OH is 1. The lowest BCUT2D eigenvalue weighted by atomic mass is 10.2. The van der Waals surface area contributed by atoms with Crippen molar-refractivity contribution in [3.8, 4) is 0 Å². The molecule has 0 spiro atoms. The molecule has 4 N–H and O–H groups in total. The summed E-state index contributed by atoms with van der Waals surface area (Å²) in [6.45, 7) is 2.00. The molecule has 0 aliphatic rings. The van der Waals surface area contributed by atoms with E-state index in [2.05, 4.69) is 10.5 Å². The molecule has 0 saturated heterocycles. The summed E-state index contributed by atoms with van der Waals surface area (Å²) >= 11 is 0. The lowest BCUT2D eigenvalue weighted by Gasteiger charge is -2.15. The van der Waals surface area contributed by atoms with E-state index in [1.54, 1.807) is 6.20 Å². The maximum Gasteiger partial charge on any atom is 0.320 e. The van der Waals surface area contributed by atoms with Gasteiger partial charge in [-0.1, -0.05) is 23.4 Å². The summed E-state index contributed by atoms with van der Waals surface area (Å²) in [6, 6.07) is 6.86. The Morgan fingerprint density at radius 1 is 1.45 bits per heavy atom. The Morgan fingerprint density at radius 2 is 2.18 bits per heavy atom. The van der Waals surface area contributed by atoms with Crippen molar-refractivity contribution < 1.29 is 20.2 Å². The van der Waals surface area contributed by atoms with Crippen LogP contribution in [0.3, 0.4) is 0 Å². The average molecular weight is 305 g/mol. The monoisotopic (exact) mass is 305 g/mol. The van der Waals surface area contributed by atoms with Crippen LogP contribution in [-0.2, 0) is 11.3 Å². The normalized spacial score (nSPS) is 14.5. The molecule has 2 unspecified atom stereocenters. The summed E-state index contributed by atoms with van der Waals surface area (Å²) in [5, 5.41) is 34.3. The van der Waals surface area contributed by atoms with Gasteiger partial charge in [0.15, 0.2) is 0 Å². The van der Waals surface area contributed by atoms with Crippen LogP contribution in [0.4, 0.5) is 0 Å². The van der Waals surface area contributed by atoms with Crippen molar-refractivity contribution in [1.29, 1.82) is 0 Å². The molecule has 0 radical (unpaired) electrons. The lowest BCUT2D eigenvalue weighted by molar-refractivity contribution is -0.139. The number of fused-ring (bicyclic) bond motifs is 1. The van der Waals surface area contributed by atoms with Gasteiger partial charge in [0.2, 0.25) is 0 Å². The van der Waals surface area contributed by atoms with E-state index < -0.39 is 18.1 Å². The zero-order chi connectivity index (χ0) is 16.1. The van der Waals surface area contributed by atoms with E-state index in [1.807, 2.05) is 28.8 Å². The molecule has 1 aromatic heterocycles. The number of para-hydroxylation sites is 1. The minimum absolute atomic E-state index is 0.170. The van der Waals surface area contributed by atoms with E-state index in [1.165, 1.54) is 13.1 Å². The van der Waals surface area contributed by atoms with Crippen molar-refractivity contribution >= 4 is 23.1 Å². The smallest absolute Gasteiger partial charge is 0.320 e. The molecule has 1 aromatic carbocycles. The number of hydrogen-bond acceptors (Lipinski definition) is 5. The second-order valence-corrected chi connectivity index (χ2v) is 5.12. The highest BCUT2D eigenvalue weighted by Gasteiger charge is 2.14. The fourth-order valence-electron chi connectivity index (χ4n) is 2.28. The highest BCUT2D eigenvalue weighted by atomic mass is 16.4. The number of nitrogens with one attached hydrogen (secondary N) is 1. The zero-order valence-electron chi connectivity index (χ0n) is 12.2. The van der Waals surface area contributed by atoms with Gasteiger partial charge in [-0.15, -0.1) is 0 Å². The number of carboxylic acids is 1. The molecule has 1 heterocycles. The second-order valence-electron chi connectivity index (χ2n) is 5.12. The van der Waals surface area contributed by atoms with Crippen molar-refractivity contribution in [2.45, 2.75) is 25.6 Å². The number of aliphatic carboxylic acids is 1. The van der Waals surface area contributed by atoms with E-state index in [9.17, 15) is 9.90 Å². The summed E-state index contributed by atoms with van der Waals surface area (Å²) in [6.07, 6.45) is 2.39. The van der Waals surface area contributed by atoms with Crippen LogP contribution >= 0.6 is 0 Å². The SMILES string of the molecule is CC(NCC(O)Cn1cc(/C=N\O)c2ccccc21)C(=O)O. The lowest BCUT2D eigenvalue weighted by Crippen LogP contribution is -2.39. The highest BCUT2D eigenvalue weighted by molar-refractivity contribution is 5.99. The number of carboxylic acid groups (broad SMARTS) is 1. The van der Waals surface area contributed by atoms with E-state index in [4.69, 9.17) is 10.3 Å². The first kappa shape index (κ1) is 16.0. The first-order valence-corrected chi connectivity index (χ1v) is 6.92. The third-order valence-corrected chi connectivity index (χ3v) is 3.45. The predicted molar refractivity (Wildman–Crippen MR) is 82.4 cm³/mol. The fraction of sp³-hybridized carbons (Fsp3) is 0.333. The minimum atomic E-state index is -0.958. The van der Waals surface area contributed by atoms with Crippen molar-refractivity contribution in [2.24, 2.45) is 5.16 Å². The standard InChI is InChI=1S/C15H19N3O4/c1-10(15(20)21)16-7-12(19)9-18-8-11(6-17-22)13-4-2-3-5-14(13)18/h2-6,8,10,12,16,19,22H,7,9H2,1H3,(H,20,21)/b17-6-. The van der Waals surface area contributed by atoms with Crippen LogP contribution in [0.25, 0.3) is 10.9 Å². The van der Waals surface area contributed by atoms with Gasteiger partial charge >= 0.3 is 5.97 Å². The molecule has 7 nitrogen and oxygen atoms in total. The highest BCUT2D eigenvalue weighted by Crippen LogP contribution is 2.20. The van der Waals surface area contributed by atoms with E-state index in [0.717, 1.165) is 16.5 Å². The van der Waals surface area contributed by atoms with Crippen LogP contribution in [0.15, 0.2) is 35.6 Å². The number of carbonyl (C=O) groups is 1. The van der Waals surface area contributed by atoms with Gasteiger partial charge in [-0.3, -0.25) is 4.79 Å². The van der Waals surface area contributed by atoms with Crippen molar-refractivity contribution in [2.75, 3.05) is 6.54 Å². The first-order valence-electron chi connectivity index (χ1n) is 6.92. The van der Waals surface area contributed by atoms with Gasteiger partial charge in [0.25, 0.3) is 0 Å². The quantitative estimate of drug-likeness (QED) is 0.345. The molecule has 0 aliphatic carbocycles. The van der Waals surface area contributed by atoms with Crippen LogP contribution in [0, 0.1) is 0 Å². The molecular weight excluding hydrogens is 286 g/mol. The van der Waals surface area contributed by atoms with E-state index in [-0.39, 0.29) is 6.54 Å². The predicted octanol–water partition coefficient (Wildman–Crippen LogP) is 0.873. The molecule has 2 atom stereocenters. The van der Waals surface area contributed by atoms with Gasteiger partial charge in [0.1, 0.15) is 6.04 Å². The number of aliphatic hydroxyl groups is 1. The van der Waals surface area contributed by atoms with Crippen molar-refractivity contribution in [3.05, 3.63) is 36.0 Å². The molecule has 0 bridgehead atoms. The van der Waals surface area contributed by atoms with E-state index in [0.29, 0.717) is 6.54 Å². The van der Waals surface area contributed by atoms with Crippen molar-refractivity contribution in [3.63, 3.8) is 0 Å². The molecule has 2 aromatic rings. The van der Waals surface area contributed by atoms with Crippen LogP contribution < -0.4 is 5.32 Å². The minimum Gasteiger partial charge on any atom is -0.480 e. The van der Waals surface area contributed by atoms with Gasteiger partial charge < -0.3 is 25.3 Å². The molecular formula is C15H19N3O4. The number of oxime groups is 1. The van der Waals surface area contributed by atoms with Crippen LogP contribution in [-0.4, -0.2) is 50.9 Å². The molecule has 0 aliphatic heterocycles. The molecule has 0 amide bonds. The Labute approximate surface area is 127 Å². The summed E-state index contributed by atoms with van der Waals surface area (Å²) in [5.41, 5.74) is 1.65. The summed E-state index contributed by atoms with van der Waals surface area (Å²) < 4.78 is 1.85. The number of hydrogen-bond donors (Lipinski definition) is 4. The van der Waals surface area contributed by atoms with Gasteiger partial charge in [0.05, 0.1) is 12.3 Å². The first-order chi connectivity index (χ1) is 10.5. The third-order valence-electron chi connectivity index (χ3n) is 3.45. The summed E-state index contributed by atoms with van der Waals surface area (Å²) in [4.78, 5) is 10.7. The molecule has 7 heteroatoms. The van der Waals surface area contributed by atoms with Gasteiger partial charge in [-0.25, -0.2) is 0 Å². The van der Waals surface area contributed by atoms with Gasteiger partial charge in [-0.05, 0) is 13.0 Å². The largest absolute Gasteiger partial charge is 0.480 e. The fourth-order valence-corrected chi connectivity index (χ4v) is 2.28. The van der Waals surface area contributed by atoms with Crippen LogP contribution in [0.5, 0.6) is 0 Å². The average Bonchev–Trinajstić information content (AvgIpc) is 2.83. The molecule has 0 saturated carbocycles. The zero-order valence-corrected chi connectivity index (χ0v) is 12.2. The second kappa shape index (κ2) is 7.06. The van der Waals surface area contributed by atoms with Gasteiger partial charge in [-0.2, -0.15) is 0 Å². The maximum absolute atomic E-state index is 10.7. The number of nitrogens with zero attached hydrogens (tertiary/aromatic N) is 2. The number of aromatic nitrogens is 1. The summed E-state index contributed by atoms with van der Waals surface area (Å²) in [7, 11) is 0. The Kier molecular flexibility index (Phi) is 5.13. The Morgan fingerprint density at radius 3 is 2.86 bits per heavy atom. The van der Waals surface area contributed by atoms with Crippen LogP contribution in [0.2, 0.25) is 0 Å². The van der Waals surface area contributed by atoms with Gasteiger partial charge in [0, 0.05) is 35.8 Å². The Hall–Kier alpha value is -2.38. The Bertz CT molecular complexity index is 680. The Balaban J connectivity index is 2.12. The number of benzene rings is 1. The topological polar surface area (TPSA) is 107 Å². The third kappa shape index (κ3) is 3.63.